The molecular weight excluding hydrogens is 591 g/mol. The van der Waals surface area contributed by atoms with E-state index in [0.717, 1.165) is 44.3 Å². The molecule has 0 radical (unpaired) electrons. The summed E-state index contributed by atoms with van der Waals surface area (Å²) in [6, 6.07) is 56.5. The number of hydrogen-bond donors (Lipinski definition) is 0. The normalized spacial score (nSPS) is 11.8. The van der Waals surface area contributed by atoms with Crippen LogP contribution in [0.3, 0.4) is 0 Å². The third kappa shape index (κ3) is 3.66. The Bertz CT molecular complexity index is 2930. The van der Waals surface area contributed by atoms with E-state index in [1.165, 1.54) is 42.0 Å². The predicted octanol–water partition coefficient (Wildman–Crippen LogP) is 11.8. The highest BCUT2D eigenvalue weighted by molar-refractivity contribution is 7.26. The number of nitriles is 1. The number of aromatic nitrogens is 2. The third-order valence-corrected chi connectivity index (χ3v) is 10.8. The van der Waals surface area contributed by atoms with Gasteiger partial charge in [-0.1, -0.05) is 103 Å². The Balaban J connectivity index is 1.31. The number of nitrogens with zero attached hydrogens (tertiary/aromatic N) is 3. The maximum Gasteiger partial charge on any atom is 0.0991 e. The standard InChI is InChI=1S/C43H25N3S/c44-26-27-21-24-40-35(25-27)31-14-4-7-17-37(31)45(40)36-16-6-1-11-28(36)29-12-2-8-18-38(29)46-39-19-9-3-13-30(39)33-22-23-34-32-15-5-10-20-41(32)47-43(34)42(33)46/h1-25H. The third-order valence-electron chi connectivity index (χ3n) is 9.56. The Morgan fingerprint density at radius 3 is 1.74 bits per heavy atom. The van der Waals surface area contributed by atoms with Crippen molar-refractivity contribution in [1.82, 2.24) is 9.13 Å². The molecule has 0 aliphatic carbocycles. The fourth-order valence-electron chi connectivity index (χ4n) is 7.58. The average Bonchev–Trinajstić information content (AvgIpc) is 3.79. The van der Waals surface area contributed by atoms with Crippen LogP contribution in [0, 0.1) is 11.3 Å². The van der Waals surface area contributed by atoms with Crippen molar-refractivity contribution in [2.45, 2.75) is 0 Å². The van der Waals surface area contributed by atoms with Gasteiger partial charge in [0.05, 0.1) is 49.8 Å². The summed E-state index contributed by atoms with van der Waals surface area (Å²) in [5, 5.41) is 17.0. The van der Waals surface area contributed by atoms with E-state index in [-0.39, 0.29) is 0 Å². The molecule has 10 rings (SSSR count). The Hall–Kier alpha value is -6.15. The van der Waals surface area contributed by atoms with E-state index < -0.39 is 0 Å². The van der Waals surface area contributed by atoms with Gasteiger partial charge in [0.2, 0.25) is 0 Å². The summed E-state index contributed by atoms with van der Waals surface area (Å²) in [6.45, 7) is 0. The van der Waals surface area contributed by atoms with Crippen molar-refractivity contribution < 1.29 is 0 Å². The molecule has 3 heterocycles. The van der Waals surface area contributed by atoms with Crippen molar-refractivity contribution in [1.29, 1.82) is 5.26 Å². The molecule has 47 heavy (non-hydrogen) atoms. The fourth-order valence-corrected chi connectivity index (χ4v) is 8.82. The van der Waals surface area contributed by atoms with Crippen molar-refractivity contribution in [2.75, 3.05) is 0 Å². The first-order valence-corrected chi connectivity index (χ1v) is 16.6. The zero-order valence-electron chi connectivity index (χ0n) is 25.2. The molecule has 10 aromatic rings. The van der Waals surface area contributed by atoms with Crippen molar-refractivity contribution in [3.8, 4) is 28.6 Å². The molecule has 218 valence electrons. The maximum absolute atomic E-state index is 9.71. The lowest BCUT2D eigenvalue weighted by Gasteiger charge is -2.18. The molecule has 3 aromatic heterocycles. The molecule has 0 saturated heterocycles. The monoisotopic (exact) mass is 615 g/mol. The van der Waals surface area contributed by atoms with Crippen molar-refractivity contribution in [2.24, 2.45) is 0 Å². The molecule has 4 heteroatoms. The molecule has 0 amide bonds. The van der Waals surface area contributed by atoms with E-state index in [1.54, 1.807) is 0 Å². The van der Waals surface area contributed by atoms with E-state index >= 15 is 0 Å². The van der Waals surface area contributed by atoms with Crippen molar-refractivity contribution in [3.05, 3.63) is 157 Å². The van der Waals surface area contributed by atoms with Gasteiger partial charge in [0.15, 0.2) is 0 Å². The average molecular weight is 616 g/mol. The molecule has 7 aromatic carbocycles. The molecule has 0 aliphatic rings. The molecule has 0 N–H and O–H groups in total. The lowest BCUT2D eigenvalue weighted by atomic mass is 10.0. The molecule has 3 nitrogen and oxygen atoms in total. The van der Waals surface area contributed by atoms with Gasteiger partial charge in [-0.05, 0) is 48.5 Å². The quantitative estimate of drug-likeness (QED) is 0.195. The summed E-state index contributed by atoms with van der Waals surface area (Å²) in [6.07, 6.45) is 0. The van der Waals surface area contributed by atoms with Gasteiger partial charge in [-0.2, -0.15) is 5.26 Å². The molecule has 0 saturated carbocycles. The second-order valence-corrected chi connectivity index (χ2v) is 13.1. The lowest BCUT2D eigenvalue weighted by molar-refractivity contribution is 1.16. The van der Waals surface area contributed by atoms with Crippen molar-refractivity contribution in [3.63, 3.8) is 0 Å². The van der Waals surface area contributed by atoms with Gasteiger partial charge in [-0.25, -0.2) is 0 Å². The minimum Gasteiger partial charge on any atom is -0.309 e. The number of benzene rings is 7. The van der Waals surface area contributed by atoms with Crippen LogP contribution in [-0.2, 0) is 0 Å². The number of fused-ring (bicyclic) bond motifs is 10. The number of rotatable bonds is 3. The van der Waals surface area contributed by atoms with Gasteiger partial charge in [0.25, 0.3) is 0 Å². The first kappa shape index (κ1) is 26.1. The topological polar surface area (TPSA) is 33.6 Å². The molecule has 0 fully saturated rings. The fraction of sp³-hybridized carbons (Fsp3) is 0. The van der Waals surface area contributed by atoms with Crippen LogP contribution in [0.25, 0.3) is 86.3 Å². The summed E-state index contributed by atoms with van der Waals surface area (Å²) in [5.41, 5.74) is 9.84. The van der Waals surface area contributed by atoms with E-state index in [1.807, 2.05) is 23.5 Å². The molecule has 0 atom stereocenters. The van der Waals surface area contributed by atoms with Crippen LogP contribution in [0.5, 0.6) is 0 Å². The Morgan fingerprint density at radius 1 is 0.447 bits per heavy atom. The second kappa shape index (κ2) is 9.92. The van der Waals surface area contributed by atoms with Gasteiger partial charge in [-0.15, -0.1) is 11.3 Å². The van der Waals surface area contributed by atoms with Gasteiger partial charge in [0, 0.05) is 48.1 Å². The first-order chi connectivity index (χ1) is 23.3. The van der Waals surface area contributed by atoms with E-state index in [0.29, 0.717) is 5.56 Å². The summed E-state index contributed by atoms with van der Waals surface area (Å²) in [4.78, 5) is 0. The number of thiophene rings is 1. The first-order valence-electron chi connectivity index (χ1n) is 15.8. The van der Waals surface area contributed by atoms with Crippen molar-refractivity contribution >= 4 is 75.1 Å². The van der Waals surface area contributed by atoms with Crippen LogP contribution >= 0.6 is 11.3 Å². The predicted molar refractivity (Wildman–Crippen MR) is 198 cm³/mol. The highest BCUT2D eigenvalue weighted by Gasteiger charge is 2.22. The number of para-hydroxylation sites is 4. The minimum absolute atomic E-state index is 0.665. The summed E-state index contributed by atoms with van der Waals surface area (Å²) in [7, 11) is 0. The summed E-state index contributed by atoms with van der Waals surface area (Å²) >= 11 is 1.88. The molecular formula is C43H25N3S. The molecule has 0 unspecified atom stereocenters. The highest BCUT2D eigenvalue weighted by Crippen LogP contribution is 2.45. The Labute approximate surface area is 274 Å². The van der Waals surface area contributed by atoms with Crippen LogP contribution in [-0.4, -0.2) is 9.13 Å². The SMILES string of the molecule is N#Cc1ccc2c(c1)c1ccccc1n2-c1ccccc1-c1ccccc1-n1c2ccccc2c2ccc3c4ccccc4sc3c21. The molecule has 0 spiro atoms. The summed E-state index contributed by atoms with van der Waals surface area (Å²) in [5.74, 6) is 0. The van der Waals surface area contributed by atoms with Gasteiger partial charge >= 0.3 is 0 Å². The Kier molecular flexibility index (Phi) is 5.51. The minimum atomic E-state index is 0.665. The smallest absolute Gasteiger partial charge is 0.0991 e. The van der Waals surface area contributed by atoms with E-state index in [9.17, 15) is 5.26 Å². The lowest BCUT2D eigenvalue weighted by Crippen LogP contribution is -2.01. The van der Waals surface area contributed by atoms with Crippen LogP contribution in [0.4, 0.5) is 0 Å². The largest absolute Gasteiger partial charge is 0.309 e. The molecule has 0 bridgehead atoms. The summed E-state index contributed by atoms with van der Waals surface area (Å²) < 4.78 is 7.45. The second-order valence-electron chi connectivity index (χ2n) is 12.0. The highest BCUT2D eigenvalue weighted by atomic mass is 32.1. The number of hydrogen-bond acceptors (Lipinski definition) is 2. The van der Waals surface area contributed by atoms with E-state index in [4.69, 9.17) is 0 Å². The van der Waals surface area contributed by atoms with Gasteiger partial charge in [-0.3, -0.25) is 0 Å². The molecule has 0 aliphatic heterocycles. The van der Waals surface area contributed by atoms with Gasteiger partial charge in [0.1, 0.15) is 0 Å². The van der Waals surface area contributed by atoms with E-state index in [2.05, 4.69) is 155 Å². The zero-order valence-corrected chi connectivity index (χ0v) is 26.0. The van der Waals surface area contributed by atoms with Crippen LogP contribution in [0.15, 0.2) is 152 Å². The Morgan fingerprint density at radius 2 is 1.00 bits per heavy atom. The van der Waals surface area contributed by atoms with Crippen LogP contribution < -0.4 is 0 Å². The van der Waals surface area contributed by atoms with Crippen LogP contribution in [0.1, 0.15) is 5.56 Å². The van der Waals surface area contributed by atoms with Crippen LogP contribution in [0.2, 0.25) is 0 Å². The zero-order chi connectivity index (χ0) is 31.1. The maximum atomic E-state index is 9.71. The van der Waals surface area contributed by atoms with Gasteiger partial charge < -0.3 is 9.13 Å².